The summed E-state index contributed by atoms with van der Waals surface area (Å²) in [5.41, 5.74) is -0.359. The zero-order valence-electron chi connectivity index (χ0n) is 12.4. The van der Waals surface area contributed by atoms with Crippen LogP contribution in [0.1, 0.15) is 32.3 Å². The zero-order chi connectivity index (χ0) is 15.5. The number of carbonyl (C=O) groups excluding carboxylic acids is 2. The van der Waals surface area contributed by atoms with Crippen molar-refractivity contribution in [2.75, 3.05) is 13.2 Å². The van der Waals surface area contributed by atoms with Gasteiger partial charge in [0.1, 0.15) is 5.54 Å². The number of amides is 2. The van der Waals surface area contributed by atoms with Crippen molar-refractivity contribution in [2.45, 2.75) is 38.3 Å². The van der Waals surface area contributed by atoms with Crippen LogP contribution in [-0.4, -0.2) is 36.0 Å². The van der Waals surface area contributed by atoms with Crippen LogP contribution in [-0.2, 0) is 15.1 Å². The second-order valence-corrected chi connectivity index (χ2v) is 5.63. The first-order valence-electron chi connectivity index (χ1n) is 7.22. The summed E-state index contributed by atoms with van der Waals surface area (Å²) in [6.45, 7) is 3.39. The molecule has 1 aliphatic rings. The molecule has 2 rings (SSSR count). The van der Waals surface area contributed by atoms with Crippen LogP contribution in [0.25, 0.3) is 0 Å². The van der Waals surface area contributed by atoms with E-state index in [2.05, 4.69) is 5.32 Å². The topological polar surface area (TPSA) is 49.4 Å². The van der Waals surface area contributed by atoms with Crippen molar-refractivity contribution in [3.8, 4) is 0 Å². The Hall–Kier alpha value is -1.91. The van der Waals surface area contributed by atoms with Crippen molar-refractivity contribution in [3.05, 3.63) is 35.9 Å². The van der Waals surface area contributed by atoms with Crippen molar-refractivity contribution in [2.24, 2.45) is 0 Å². The van der Waals surface area contributed by atoms with Crippen molar-refractivity contribution >= 4 is 11.8 Å². The monoisotopic (exact) mass is 292 g/mol. The van der Waals surface area contributed by atoms with Crippen LogP contribution >= 0.6 is 0 Å². The number of alkyl halides is 1. The van der Waals surface area contributed by atoms with E-state index in [-0.39, 0.29) is 30.7 Å². The summed E-state index contributed by atoms with van der Waals surface area (Å²) < 4.78 is 12.5. The van der Waals surface area contributed by atoms with Gasteiger partial charge >= 0.3 is 0 Å². The van der Waals surface area contributed by atoms with E-state index in [0.717, 1.165) is 5.56 Å². The summed E-state index contributed by atoms with van der Waals surface area (Å²) in [4.78, 5) is 26.6. The molecule has 1 N–H and O–H groups in total. The van der Waals surface area contributed by atoms with Gasteiger partial charge in [-0.25, -0.2) is 0 Å². The van der Waals surface area contributed by atoms with Gasteiger partial charge in [0.25, 0.3) is 5.91 Å². The van der Waals surface area contributed by atoms with Crippen molar-refractivity contribution in [1.82, 2.24) is 10.2 Å². The molecule has 0 spiro atoms. The highest BCUT2D eigenvalue weighted by Gasteiger charge is 2.43. The third-order valence-electron chi connectivity index (χ3n) is 3.97. The quantitative estimate of drug-likeness (QED) is 0.922. The molecule has 0 bridgehead atoms. The molecular formula is C16H21FN2O2. The fourth-order valence-electron chi connectivity index (χ4n) is 2.77. The molecular weight excluding hydrogens is 271 g/mol. The van der Waals surface area contributed by atoms with Gasteiger partial charge in [0.15, 0.2) is 0 Å². The number of rotatable bonds is 4. The largest absolute Gasteiger partial charge is 0.338 e. The second-order valence-electron chi connectivity index (χ2n) is 5.63. The van der Waals surface area contributed by atoms with Gasteiger partial charge in [-0.15, -0.1) is 0 Å². The van der Waals surface area contributed by atoms with Crippen LogP contribution < -0.4 is 5.32 Å². The third kappa shape index (κ3) is 3.06. The predicted molar refractivity (Wildman–Crippen MR) is 78.3 cm³/mol. The van der Waals surface area contributed by atoms with Gasteiger partial charge in [0, 0.05) is 19.0 Å². The number of halogens is 1. The molecule has 21 heavy (non-hydrogen) atoms. The molecule has 0 radical (unpaired) electrons. The molecule has 1 aromatic rings. The number of nitrogens with one attached hydrogen (secondary N) is 1. The molecule has 1 aliphatic heterocycles. The Kier molecular flexibility index (Phi) is 4.60. The van der Waals surface area contributed by atoms with Crippen LogP contribution in [0.15, 0.2) is 30.3 Å². The van der Waals surface area contributed by atoms with E-state index in [1.807, 2.05) is 37.3 Å². The van der Waals surface area contributed by atoms with Crippen LogP contribution in [0, 0.1) is 0 Å². The Morgan fingerprint density at radius 2 is 2.00 bits per heavy atom. The van der Waals surface area contributed by atoms with E-state index in [4.69, 9.17) is 0 Å². The smallest absolute Gasteiger partial charge is 0.252 e. The highest BCUT2D eigenvalue weighted by atomic mass is 19.1. The van der Waals surface area contributed by atoms with Crippen molar-refractivity contribution < 1.29 is 14.0 Å². The summed E-state index contributed by atoms with van der Waals surface area (Å²) in [6, 6.07) is 8.94. The summed E-state index contributed by atoms with van der Waals surface area (Å²) in [5.74, 6) is -0.342. The lowest BCUT2D eigenvalue weighted by molar-refractivity contribution is -0.140. The zero-order valence-corrected chi connectivity index (χ0v) is 12.4. The lowest BCUT2D eigenvalue weighted by atomic mass is 9.90. The first-order chi connectivity index (χ1) is 9.99. The van der Waals surface area contributed by atoms with Crippen LogP contribution in [0.2, 0.25) is 0 Å². The Balaban J connectivity index is 2.39. The van der Waals surface area contributed by atoms with Gasteiger partial charge in [-0.2, -0.15) is 0 Å². The lowest BCUT2D eigenvalue weighted by Gasteiger charge is -2.34. The van der Waals surface area contributed by atoms with E-state index in [1.165, 1.54) is 0 Å². The first kappa shape index (κ1) is 15.5. The van der Waals surface area contributed by atoms with E-state index in [0.29, 0.717) is 6.54 Å². The van der Waals surface area contributed by atoms with E-state index < -0.39 is 12.2 Å². The standard InChI is InChI=1S/C16H21FN2O2/c1-12-11-14(20)18-16(2,13-7-4-3-5-8-13)15(21)19(12)10-6-9-17/h3-5,7-8,12H,6,9-11H2,1-2H3,(H,18,20). The molecule has 114 valence electrons. The molecule has 1 aromatic carbocycles. The van der Waals surface area contributed by atoms with Gasteiger partial charge in [0.05, 0.1) is 6.67 Å². The van der Waals surface area contributed by atoms with E-state index in [9.17, 15) is 14.0 Å². The maximum absolute atomic E-state index is 12.9. The molecule has 1 heterocycles. The fourth-order valence-corrected chi connectivity index (χ4v) is 2.77. The minimum Gasteiger partial charge on any atom is -0.338 e. The molecule has 0 saturated carbocycles. The molecule has 2 unspecified atom stereocenters. The summed E-state index contributed by atoms with van der Waals surface area (Å²) >= 11 is 0. The fraction of sp³-hybridized carbons (Fsp3) is 0.500. The molecule has 1 fully saturated rings. The molecule has 5 heteroatoms. The van der Waals surface area contributed by atoms with Gasteiger partial charge < -0.3 is 10.2 Å². The van der Waals surface area contributed by atoms with E-state index in [1.54, 1.807) is 11.8 Å². The Morgan fingerprint density at radius 1 is 1.33 bits per heavy atom. The summed E-state index contributed by atoms with van der Waals surface area (Å²) in [5, 5.41) is 2.83. The second kappa shape index (κ2) is 6.24. The number of nitrogens with zero attached hydrogens (tertiary/aromatic N) is 1. The molecule has 0 aliphatic carbocycles. The van der Waals surface area contributed by atoms with Crippen LogP contribution in [0.3, 0.4) is 0 Å². The van der Waals surface area contributed by atoms with E-state index >= 15 is 0 Å². The van der Waals surface area contributed by atoms with Crippen LogP contribution in [0.5, 0.6) is 0 Å². The Morgan fingerprint density at radius 3 is 2.62 bits per heavy atom. The normalized spacial score (nSPS) is 26.4. The number of carbonyl (C=O) groups is 2. The first-order valence-corrected chi connectivity index (χ1v) is 7.22. The molecule has 0 aromatic heterocycles. The van der Waals surface area contributed by atoms with Crippen molar-refractivity contribution in [1.29, 1.82) is 0 Å². The van der Waals surface area contributed by atoms with Gasteiger partial charge in [-0.05, 0) is 25.8 Å². The maximum Gasteiger partial charge on any atom is 0.252 e. The molecule has 1 saturated heterocycles. The molecule has 2 amide bonds. The lowest BCUT2D eigenvalue weighted by Crippen LogP contribution is -2.53. The van der Waals surface area contributed by atoms with Gasteiger partial charge in [-0.1, -0.05) is 30.3 Å². The summed E-state index contributed by atoms with van der Waals surface area (Å²) in [7, 11) is 0. The minimum absolute atomic E-state index is 0.162. The van der Waals surface area contributed by atoms with Gasteiger partial charge in [0.2, 0.25) is 5.91 Å². The third-order valence-corrected chi connectivity index (χ3v) is 3.97. The Bertz CT molecular complexity index is 520. The van der Waals surface area contributed by atoms with Crippen LogP contribution in [0.4, 0.5) is 4.39 Å². The maximum atomic E-state index is 12.9. The highest BCUT2D eigenvalue weighted by Crippen LogP contribution is 2.28. The number of hydrogen-bond donors (Lipinski definition) is 1. The number of benzene rings is 1. The van der Waals surface area contributed by atoms with Crippen molar-refractivity contribution in [3.63, 3.8) is 0 Å². The Labute approximate surface area is 124 Å². The van der Waals surface area contributed by atoms with Gasteiger partial charge in [-0.3, -0.25) is 14.0 Å². The highest BCUT2D eigenvalue weighted by molar-refractivity contribution is 5.94. The average molecular weight is 292 g/mol. The molecule has 2 atom stereocenters. The average Bonchev–Trinajstić information content (AvgIpc) is 2.55. The predicted octanol–water partition coefficient (Wildman–Crippen LogP) is 2.00. The number of hydrogen-bond acceptors (Lipinski definition) is 2. The SMILES string of the molecule is CC1CC(=O)NC(C)(c2ccccc2)C(=O)N1CCCF. The minimum atomic E-state index is -1.10. The molecule has 4 nitrogen and oxygen atoms in total. The summed E-state index contributed by atoms with van der Waals surface area (Å²) in [6.07, 6.45) is 0.523.